The van der Waals surface area contributed by atoms with Crippen molar-refractivity contribution < 1.29 is 17.9 Å². The van der Waals surface area contributed by atoms with Gasteiger partial charge in [0.15, 0.2) is 0 Å². The average molecular weight is 437 g/mol. The van der Waals surface area contributed by atoms with Crippen molar-refractivity contribution in [3.8, 4) is 5.75 Å². The van der Waals surface area contributed by atoms with Crippen molar-refractivity contribution in [1.29, 1.82) is 0 Å². The van der Waals surface area contributed by atoms with Crippen LogP contribution in [0.25, 0.3) is 0 Å². The van der Waals surface area contributed by atoms with E-state index in [1.54, 1.807) is 18.2 Å². The van der Waals surface area contributed by atoms with E-state index in [-0.39, 0.29) is 12.6 Å². The number of carbonyl (C=O) groups is 1. The third-order valence-corrected chi connectivity index (χ3v) is 6.12. The summed E-state index contributed by atoms with van der Waals surface area (Å²) < 4.78 is 31.7. The first-order valence-corrected chi connectivity index (χ1v) is 11.5. The molecule has 0 saturated heterocycles. The zero-order chi connectivity index (χ0) is 21.4. The first kappa shape index (κ1) is 21.5. The van der Waals surface area contributed by atoms with Gasteiger partial charge in [-0.3, -0.25) is 9.10 Å². The zero-order valence-corrected chi connectivity index (χ0v) is 18.5. The van der Waals surface area contributed by atoms with Crippen LogP contribution >= 0.6 is 11.6 Å². The lowest BCUT2D eigenvalue weighted by atomic mass is 9.89. The summed E-state index contributed by atoms with van der Waals surface area (Å²) in [6.45, 7) is 5.56. The molecule has 2 aromatic carbocycles. The first-order valence-electron chi connectivity index (χ1n) is 9.27. The molecule has 6 nitrogen and oxygen atoms in total. The van der Waals surface area contributed by atoms with Gasteiger partial charge in [0.25, 0.3) is 0 Å². The molecule has 0 aliphatic carbocycles. The highest BCUT2D eigenvalue weighted by Gasteiger charge is 2.35. The van der Waals surface area contributed by atoms with Crippen LogP contribution in [0.5, 0.6) is 5.75 Å². The molecule has 1 aliphatic rings. The highest BCUT2D eigenvalue weighted by molar-refractivity contribution is 7.92. The number of aryl methyl sites for hydroxylation is 1. The predicted molar refractivity (Wildman–Crippen MR) is 115 cm³/mol. The number of nitrogens with one attached hydrogen (secondary N) is 1. The summed E-state index contributed by atoms with van der Waals surface area (Å²) in [4.78, 5) is 12.8. The lowest BCUT2D eigenvalue weighted by Gasteiger charge is -2.38. The molecule has 0 radical (unpaired) electrons. The molecule has 156 valence electrons. The van der Waals surface area contributed by atoms with Gasteiger partial charge in [-0.1, -0.05) is 35.4 Å². The van der Waals surface area contributed by atoms with Crippen molar-refractivity contribution in [2.45, 2.75) is 38.8 Å². The molecule has 1 heterocycles. The van der Waals surface area contributed by atoms with Crippen LogP contribution in [0.15, 0.2) is 42.5 Å². The third kappa shape index (κ3) is 5.22. The average Bonchev–Trinajstić information content (AvgIpc) is 2.58. The molecule has 1 amide bonds. The van der Waals surface area contributed by atoms with E-state index in [9.17, 15) is 13.2 Å². The van der Waals surface area contributed by atoms with Crippen molar-refractivity contribution in [3.05, 3.63) is 58.6 Å². The number of halogens is 1. The number of fused-ring (bicyclic) bond motifs is 1. The van der Waals surface area contributed by atoms with Crippen LogP contribution < -0.4 is 14.4 Å². The molecular formula is C21H25ClN2O4S. The SMILES string of the molecule is Cc1ccc2c(c1)[C@@H](NC(=O)CN(c1cccc(Cl)c1)S(C)(=O)=O)CC(C)(C)O2. The molecule has 0 fully saturated rings. The summed E-state index contributed by atoms with van der Waals surface area (Å²) in [6.07, 6.45) is 1.64. The molecule has 0 spiro atoms. The normalized spacial score (nSPS) is 17.8. The smallest absolute Gasteiger partial charge is 0.241 e. The molecule has 0 aromatic heterocycles. The number of benzene rings is 2. The van der Waals surface area contributed by atoms with E-state index in [1.165, 1.54) is 6.07 Å². The standard InChI is InChI=1S/C21H25ClN2O4S/c1-14-8-9-19-17(10-14)18(12-21(2,3)28-19)23-20(25)13-24(29(4,26)27)16-7-5-6-15(22)11-16/h5-11,18H,12-13H2,1-4H3,(H,23,25)/t18-/m0/s1. The van der Waals surface area contributed by atoms with Gasteiger partial charge >= 0.3 is 0 Å². The lowest BCUT2D eigenvalue weighted by Crippen LogP contribution is -2.45. The van der Waals surface area contributed by atoms with Gasteiger partial charge in [0, 0.05) is 17.0 Å². The first-order chi connectivity index (χ1) is 13.4. The summed E-state index contributed by atoms with van der Waals surface area (Å²) in [7, 11) is -3.67. The third-order valence-electron chi connectivity index (χ3n) is 4.74. The monoisotopic (exact) mass is 436 g/mol. The van der Waals surface area contributed by atoms with Crippen molar-refractivity contribution in [1.82, 2.24) is 5.32 Å². The Bertz CT molecular complexity index is 1040. The van der Waals surface area contributed by atoms with E-state index in [0.717, 1.165) is 27.4 Å². The number of hydrogen-bond donors (Lipinski definition) is 1. The minimum Gasteiger partial charge on any atom is -0.487 e. The summed E-state index contributed by atoms with van der Waals surface area (Å²) in [6, 6.07) is 12.0. The molecule has 8 heteroatoms. The Morgan fingerprint density at radius 2 is 2.00 bits per heavy atom. The van der Waals surface area contributed by atoms with Crippen LogP contribution in [0.4, 0.5) is 5.69 Å². The fraction of sp³-hybridized carbons (Fsp3) is 0.381. The summed E-state index contributed by atoms with van der Waals surface area (Å²) in [5.74, 6) is 0.331. The molecule has 29 heavy (non-hydrogen) atoms. The van der Waals surface area contributed by atoms with Gasteiger partial charge in [0.1, 0.15) is 17.9 Å². The Hall–Kier alpha value is -2.25. The summed E-state index contributed by atoms with van der Waals surface area (Å²) in [5, 5.41) is 3.38. The highest BCUT2D eigenvalue weighted by Crippen LogP contribution is 2.39. The molecule has 1 N–H and O–H groups in total. The number of carbonyl (C=O) groups excluding carboxylic acids is 1. The second-order valence-corrected chi connectivity index (χ2v) is 10.3. The molecule has 1 aliphatic heterocycles. The van der Waals surface area contributed by atoms with Gasteiger partial charge in [0.2, 0.25) is 15.9 Å². The molecule has 0 saturated carbocycles. The van der Waals surface area contributed by atoms with Gasteiger partial charge in [-0.15, -0.1) is 0 Å². The quantitative estimate of drug-likeness (QED) is 0.772. The van der Waals surface area contributed by atoms with Gasteiger partial charge in [-0.25, -0.2) is 8.42 Å². The number of anilines is 1. The Morgan fingerprint density at radius 3 is 2.66 bits per heavy atom. The molecular weight excluding hydrogens is 412 g/mol. The molecule has 2 aromatic rings. The van der Waals surface area contributed by atoms with Crippen molar-refractivity contribution in [3.63, 3.8) is 0 Å². The van der Waals surface area contributed by atoms with Crippen LogP contribution in [0.1, 0.15) is 37.4 Å². The van der Waals surface area contributed by atoms with E-state index in [4.69, 9.17) is 16.3 Å². The maximum atomic E-state index is 12.8. The number of hydrogen-bond acceptors (Lipinski definition) is 4. The fourth-order valence-electron chi connectivity index (χ4n) is 3.50. The minimum absolute atomic E-state index is 0.276. The van der Waals surface area contributed by atoms with E-state index < -0.39 is 21.5 Å². The van der Waals surface area contributed by atoms with Crippen LogP contribution in [-0.2, 0) is 14.8 Å². The maximum absolute atomic E-state index is 12.8. The Kier molecular flexibility index (Phi) is 5.83. The minimum atomic E-state index is -3.67. The summed E-state index contributed by atoms with van der Waals surface area (Å²) in [5.41, 5.74) is 1.84. The second-order valence-electron chi connectivity index (χ2n) is 7.98. The Labute approximate surface area is 176 Å². The van der Waals surface area contributed by atoms with Crippen LogP contribution in [0.2, 0.25) is 5.02 Å². The highest BCUT2D eigenvalue weighted by atomic mass is 35.5. The number of rotatable bonds is 5. The Morgan fingerprint density at radius 1 is 1.28 bits per heavy atom. The van der Waals surface area contributed by atoms with Gasteiger partial charge in [-0.05, 0) is 45.0 Å². The molecule has 1 atom stereocenters. The van der Waals surface area contributed by atoms with E-state index in [1.807, 2.05) is 39.0 Å². The van der Waals surface area contributed by atoms with Crippen molar-refractivity contribution in [2.75, 3.05) is 17.1 Å². The number of amides is 1. The molecule has 3 rings (SSSR count). The van der Waals surface area contributed by atoms with E-state index >= 15 is 0 Å². The van der Waals surface area contributed by atoms with Crippen LogP contribution in [0.3, 0.4) is 0 Å². The van der Waals surface area contributed by atoms with Gasteiger partial charge in [0.05, 0.1) is 18.0 Å². The summed E-state index contributed by atoms with van der Waals surface area (Å²) >= 11 is 6.00. The zero-order valence-electron chi connectivity index (χ0n) is 16.9. The number of nitrogens with zero attached hydrogens (tertiary/aromatic N) is 1. The fourth-order valence-corrected chi connectivity index (χ4v) is 4.54. The maximum Gasteiger partial charge on any atom is 0.241 e. The molecule has 0 bridgehead atoms. The largest absolute Gasteiger partial charge is 0.487 e. The van der Waals surface area contributed by atoms with Gasteiger partial charge < -0.3 is 10.1 Å². The van der Waals surface area contributed by atoms with Crippen LogP contribution in [0, 0.1) is 6.92 Å². The van der Waals surface area contributed by atoms with Crippen LogP contribution in [-0.4, -0.2) is 32.7 Å². The molecule has 0 unspecified atom stereocenters. The lowest BCUT2D eigenvalue weighted by molar-refractivity contribution is -0.120. The second kappa shape index (κ2) is 7.88. The predicted octanol–water partition coefficient (Wildman–Crippen LogP) is 3.83. The number of ether oxygens (including phenoxy) is 1. The number of sulfonamides is 1. The van der Waals surface area contributed by atoms with Gasteiger partial charge in [-0.2, -0.15) is 0 Å². The topological polar surface area (TPSA) is 75.7 Å². The van der Waals surface area contributed by atoms with E-state index in [2.05, 4.69) is 5.32 Å². The van der Waals surface area contributed by atoms with Crippen molar-refractivity contribution >= 4 is 33.2 Å². The van der Waals surface area contributed by atoms with Crippen molar-refractivity contribution in [2.24, 2.45) is 0 Å². The van der Waals surface area contributed by atoms with E-state index in [0.29, 0.717) is 17.1 Å². The Balaban J connectivity index is 1.85.